The maximum atomic E-state index is 10.1. The van der Waals surface area contributed by atoms with E-state index in [1.165, 1.54) is 4.88 Å². The van der Waals surface area contributed by atoms with Gasteiger partial charge >= 0.3 is 0 Å². The van der Waals surface area contributed by atoms with E-state index in [-0.39, 0.29) is 0 Å². The number of thiophene rings is 1. The minimum Gasteiger partial charge on any atom is -0.387 e. The Kier molecular flexibility index (Phi) is 3.70. The van der Waals surface area contributed by atoms with Crippen LogP contribution in [0.5, 0.6) is 0 Å². The second-order valence-corrected chi connectivity index (χ2v) is 4.90. The molecule has 0 aliphatic rings. The van der Waals surface area contributed by atoms with Crippen molar-refractivity contribution >= 4 is 11.3 Å². The molecule has 2 aromatic heterocycles. The summed E-state index contributed by atoms with van der Waals surface area (Å²) in [6, 6.07) is 9.87. The number of pyridine rings is 1. The molecule has 0 spiro atoms. The average Bonchev–Trinajstić information content (AvgIpc) is 2.79. The molecule has 1 atom stereocenters. The number of aromatic nitrogens is 1. The molecule has 3 heteroatoms. The minimum absolute atomic E-state index is 0.430. The van der Waals surface area contributed by atoms with Gasteiger partial charge in [0.2, 0.25) is 0 Å². The molecule has 0 aliphatic carbocycles. The lowest BCUT2D eigenvalue weighted by atomic mass is 10.1. The molecule has 0 radical (unpaired) electrons. The van der Waals surface area contributed by atoms with Crippen LogP contribution in [-0.2, 0) is 12.8 Å². The van der Waals surface area contributed by atoms with E-state index in [0.717, 1.165) is 17.0 Å². The van der Waals surface area contributed by atoms with Crippen molar-refractivity contribution in [3.8, 4) is 0 Å². The smallest absolute Gasteiger partial charge is 0.0937 e. The number of hydrogen-bond donors (Lipinski definition) is 1. The fourth-order valence-corrected chi connectivity index (χ4v) is 2.52. The van der Waals surface area contributed by atoms with Crippen molar-refractivity contribution in [2.24, 2.45) is 0 Å². The van der Waals surface area contributed by atoms with Gasteiger partial charge in [-0.15, -0.1) is 11.3 Å². The quantitative estimate of drug-likeness (QED) is 0.880. The van der Waals surface area contributed by atoms with Crippen LogP contribution in [0.3, 0.4) is 0 Å². The van der Waals surface area contributed by atoms with Gasteiger partial charge in [0, 0.05) is 28.1 Å². The maximum Gasteiger partial charge on any atom is 0.0937 e. The monoisotopic (exact) mass is 233 g/mol. The Morgan fingerprint density at radius 3 is 2.81 bits per heavy atom. The van der Waals surface area contributed by atoms with Gasteiger partial charge < -0.3 is 5.11 Å². The summed E-state index contributed by atoms with van der Waals surface area (Å²) in [6.45, 7) is 2.13. The van der Waals surface area contributed by atoms with Crippen LogP contribution in [0.15, 0.2) is 36.5 Å². The molecular weight excluding hydrogens is 218 g/mol. The highest BCUT2D eigenvalue weighted by Crippen LogP contribution is 2.25. The summed E-state index contributed by atoms with van der Waals surface area (Å²) < 4.78 is 0. The number of hydrogen-bond acceptors (Lipinski definition) is 3. The van der Waals surface area contributed by atoms with Crippen molar-refractivity contribution in [3.05, 3.63) is 52.0 Å². The first kappa shape index (κ1) is 11.3. The first-order valence-corrected chi connectivity index (χ1v) is 6.28. The molecule has 2 aromatic rings. The van der Waals surface area contributed by atoms with E-state index in [1.54, 1.807) is 17.5 Å². The molecule has 2 rings (SSSR count). The molecular formula is C13H15NOS. The lowest BCUT2D eigenvalue weighted by Crippen LogP contribution is -2.00. The van der Waals surface area contributed by atoms with Crippen molar-refractivity contribution in [1.29, 1.82) is 0 Å². The molecule has 0 amide bonds. The van der Waals surface area contributed by atoms with Crippen molar-refractivity contribution in [1.82, 2.24) is 4.98 Å². The molecule has 2 heterocycles. The molecule has 0 saturated carbocycles. The summed E-state index contributed by atoms with van der Waals surface area (Å²) in [5, 5.41) is 10.1. The number of nitrogens with zero attached hydrogens (tertiary/aromatic N) is 1. The SMILES string of the molecule is CCc1ccc(C(O)Cc2ccccn2)s1. The Balaban J connectivity index is 2.05. The molecule has 0 aromatic carbocycles. The fraction of sp³-hybridized carbons (Fsp3) is 0.308. The Morgan fingerprint density at radius 1 is 1.31 bits per heavy atom. The second-order valence-electron chi connectivity index (χ2n) is 3.70. The summed E-state index contributed by atoms with van der Waals surface area (Å²) in [5.74, 6) is 0. The van der Waals surface area contributed by atoms with Crippen LogP contribution in [0, 0.1) is 0 Å². The van der Waals surface area contributed by atoms with Crippen LogP contribution in [0.2, 0.25) is 0 Å². The predicted octanol–water partition coefficient (Wildman–Crippen LogP) is 2.98. The Bertz CT molecular complexity index is 438. The van der Waals surface area contributed by atoms with E-state index >= 15 is 0 Å². The van der Waals surface area contributed by atoms with Crippen LogP contribution in [0.4, 0.5) is 0 Å². The van der Waals surface area contributed by atoms with Crippen LogP contribution < -0.4 is 0 Å². The third kappa shape index (κ3) is 2.68. The Labute approximate surface area is 99.6 Å². The van der Waals surface area contributed by atoms with Crippen molar-refractivity contribution in [3.63, 3.8) is 0 Å². The molecule has 0 fully saturated rings. The van der Waals surface area contributed by atoms with Crippen molar-refractivity contribution in [2.45, 2.75) is 25.9 Å². The molecule has 0 saturated heterocycles. The zero-order chi connectivity index (χ0) is 11.4. The highest BCUT2D eigenvalue weighted by Gasteiger charge is 2.11. The highest BCUT2D eigenvalue weighted by atomic mass is 32.1. The van der Waals surface area contributed by atoms with Gasteiger partial charge in [0.25, 0.3) is 0 Å². The number of aliphatic hydroxyl groups excluding tert-OH is 1. The normalized spacial score (nSPS) is 12.6. The Morgan fingerprint density at radius 2 is 2.19 bits per heavy atom. The van der Waals surface area contributed by atoms with Gasteiger partial charge in [0.1, 0.15) is 0 Å². The van der Waals surface area contributed by atoms with Crippen LogP contribution in [0.25, 0.3) is 0 Å². The van der Waals surface area contributed by atoms with Gasteiger partial charge in [-0.1, -0.05) is 13.0 Å². The summed E-state index contributed by atoms with van der Waals surface area (Å²) in [6.07, 6.45) is 2.94. The summed E-state index contributed by atoms with van der Waals surface area (Å²) in [7, 11) is 0. The number of aryl methyl sites for hydroxylation is 1. The third-order valence-corrected chi connectivity index (χ3v) is 3.82. The van der Waals surface area contributed by atoms with E-state index in [4.69, 9.17) is 0 Å². The van der Waals surface area contributed by atoms with Gasteiger partial charge in [-0.3, -0.25) is 4.98 Å². The van der Waals surface area contributed by atoms with Gasteiger partial charge in [0.15, 0.2) is 0 Å². The molecule has 0 aliphatic heterocycles. The first-order chi connectivity index (χ1) is 7.79. The molecule has 84 valence electrons. The zero-order valence-electron chi connectivity index (χ0n) is 9.26. The largest absolute Gasteiger partial charge is 0.387 e. The van der Waals surface area contributed by atoms with Gasteiger partial charge in [-0.05, 0) is 30.7 Å². The van der Waals surface area contributed by atoms with E-state index < -0.39 is 6.10 Å². The number of rotatable bonds is 4. The zero-order valence-corrected chi connectivity index (χ0v) is 10.1. The number of aliphatic hydroxyl groups is 1. The maximum absolute atomic E-state index is 10.1. The lowest BCUT2D eigenvalue weighted by molar-refractivity contribution is 0.181. The molecule has 2 nitrogen and oxygen atoms in total. The molecule has 16 heavy (non-hydrogen) atoms. The van der Waals surface area contributed by atoms with Crippen molar-refractivity contribution < 1.29 is 5.11 Å². The Hall–Kier alpha value is -1.19. The summed E-state index contributed by atoms with van der Waals surface area (Å²) in [4.78, 5) is 6.56. The second kappa shape index (κ2) is 5.23. The summed E-state index contributed by atoms with van der Waals surface area (Å²) in [5.41, 5.74) is 0.932. The van der Waals surface area contributed by atoms with E-state index in [1.807, 2.05) is 24.3 Å². The van der Waals surface area contributed by atoms with Crippen LogP contribution in [0.1, 0.15) is 28.5 Å². The van der Waals surface area contributed by atoms with Crippen LogP contribution >= 0.6 is 11.3 Å². The van der Waals surface area contributed by atoms with E-state index in [2.05, 4.69) is 18.0 Å². The van der Waals surface area contributed by atoms with Gasteiger partial charge in [0.05, 0.1) is 6.10 Å². The van der Waals surface area contributed by atoms with E-state index in [9.17, 15) is 5.11 Å². The van der Waals surface area contributed by atoms with Crippen LogP contribution in [-0.4, -0.2) is 10.1 Å². The van der Waals surface area contributed by atoms with Gasteiger partial charge in [-0.2, -0.15) is 0 Å². The third-order valence-electron chi connectivity index (χ3n) is 2.49. The molecule has 1 unspecified atom stereocenters. The summed E-state index contributed by atoms with van der Waals surface area (Å²) >= 11 is 1.68. The predicted molar refractivity (Wildman–Crippen MR) is 66.6 cm³/mol. The lowest BCUT2D eigenvalue weighted by Gasteiger charge is -2.07. The first-order valence-electron chi connectivity index (χ1n) is 5.46. The molecule has 1 N–H and O–H groups in total. The standard InChI is InChI=1S/C13H15NOS/c1-2-11-6-7-13(16-11)12(15)9-10-5-3-4-8-14-10/h3-8,12,15H,2,9H2,1H3. The van der Waals surface area contributed by atoms with Gasteiger partial charge in [-0.25, -0.2) is 0 Å². The average molecular weight is 233 g/mol. The topological polar surface area (TPSA) is 33.1 Å². The highest BCUT2D eigenvalue weighted by molar-refractivity contribution is 7.12. The molecule has 0 bridgehead atoms. The van der Waals surface area contributed by atoms with Crippen molar-refractivity contribution in [2.75, 3.05) is 0 Å². The minimum atomic E-state index is -0.430. The van der Waals surface area contributed by atoms with E-state index in [0.29, 0.717) is 6.42 Å². The fourth-order valence-electron chi connectivity index (χ4n) is 1.58.